The maximum atomic E-state index is 13.5. The molecule has 0 aromatic heterocycles. The fourth-order valence-electron chi connectivity index (χ4n) is 2.47. The van der Waals surface area contributed by atoms with Gasteiger partial charge in [0.05, 0.1) is 11.4 Å². The molecule has 2 N–H and O–H groups in total. The Balaban J connectivity index is 2.38. The molecule has 1 amide bonds. The molecule has 1 aliphatic heterocycles. The summed E-state index contributed by atoms with van der Waals surface area (Å²) in [6.45, 7) is -0.262. The molecule has 1 fully saturated rings. The highest BCUT2D eigenvalue weighted by Crippen LogP contribution is 2.40. The van der Waals surface area contributed by atoms with Crippen LogP contribution in [0.4, 0.5) is 23.2 Å². The molecule has 1 heterocycles. The first-order valence-electron chi connectivity index (χ1n) is 6.15. The summed E-state index contributed by atoms with van der Waals surface area (Å²) in [5, 5.41) is 4.87. The average molecular weight is 340 g/mol. The Bertz CT molecular complexity index is 703. The van der Waals surface area contributed by atoms with E-state index >= 15 is 0 Å². The topological polar surface area (TPSA) is 80.5 Å². The van der Waals surface area contributed by atoms with Gasteiger partial charge in [0.2, 0.25) is 15.9 Å². The molecule has 1 aromatic rings. The molecule has 1 unspecified atom stereocenters. The van der Waals surface area contributed by atoms with Crippen LogP contribution in [0.3, 0.4) is 0 Å². The Kier molecular flexibility index (Phi) is 4.18. The van der Waals surface area contributed by atoms with Gasteiger partial charge in [-0.2, -0.15) is 13.2 Å². The van der Waals surface area contributed by atoms with Gasteiger partial charge in [-0.05, 0) is 12.1 Å². The Morgan fingerprint density at radius 1 is 1.32 bits per heavy atom. The van der Waals surface area contributed by atoms with Gasteiger partial charge in [-0.1, -0.05) is 6.07 Å². The number of primary sulfonamides is 1. The summed E-state index contributed by atoms with van der Waals surface area (Å²) in [4.78, 5) is 12.6. The van der Waals surface area contributed by atoms with Gasteiger partial charge in [-0.25, -0.2) is 17.9 Å². The second-order valence-electron chi connectivity index (χ2n) is 5.04. The summed E-state index contributed by atoms with van der Waals surface area (Å²) in [6.07, 6.45) is -5.23. The van der Waals surface area contributed by atoms with Crippen molar-refractivity contribution in [2.24, 2.45) is 11.1 Å². The van der Waals surface area contributed by atoms with E-state index in [-0.39, 0.29) is 13.0 Å². The molecule has 0 spiro atoms. The fourth-order valence-corrected chi connectivity index (χ4v) is 3.35. The van der Waals surface area contributed by atoms with E-state index in [1.807, 2.05) is 0 Å². The van der Waals surface area contributed by atoms with Crippen molar-refractivity contribution in [3.63, 3.8) is 0 Å². The second-order valence-corrected chi connectivity index (χ2v) is 6.69. The first-order chi connectivity index (χ1) is 9.99. The van der Waals surface area contributed by atoms with Gasteiger partial charge in [0.15, 0.2) is 0 Å². The molecule has 0 aliphatic carbocycles. The van der Waals surface area contributed by atoms with Crippen molar-refractivity contribution in [1.29, 1.82) is 0 Å². The molecule has 22 heavy (non-hydrogen) atoms. The number of anilines is 1. The number of halogens is 4. The molecule has 122 valence electrons. The van der Waals surface area contributed by atoms with Crippen LogP contribution in [-0.4, -0.2) is 26.6 Å². The molecule has 2 rings (SSSR count). The number of amides is 1. The van der Waals surface area contributed by atoms with Crippen LogP contribution in [0.25, 0.3) is 0 Å². The largest absolute Gasteiger partial charge is 0.421 e. The zero-order chi connectivity index (χ0) is 16.7. The van der Waals surface area contributed by atoms with Crippen molar-refractivity contribution in [3.05, 3.63) is 29.6 Å². The number of hydrogen-bond donors (Lipinski definition) is 1. The lowest BCUT2D eigenvalue weighted by molar-refractivity contribution is -0.139. The van der Waals surface area contributed by atoms with Crippen LogP contribution in [-0.2, 0) is 21.0 Å². The molecule has 1 aromatic carbocycles. The highest BCUT2D eigenvalue weighted by Gasteiger charge is 2.41. The third-order valence-corrected chi connectivity index (χ3v) is 4.18. The minimum Gasteiger partial charge on any atom is -0.311 e. The smallest absolute Gasteiger partial charge is 0.311 e. The minimum atomic E-state index is -4.97. The van der Waals surface area contributed by atoms with Gasteiger partial charge >= 0.3 is 6.18 Å². The molecule has 5 nitrogen and oxygen atoms in total. The third-order valence-electron chi connectivity index (χ3n) is 3.24. The first-order valence-corrected chi connectivity index (χ1v) is 7.87. The minimum absolute atomic E-state index is 0.260. The number of nitrogens with zero attached hydrogens (tertiary/aromatic N) is 1. The zero-order valence-corrected chi connectivity index (χ0v) is 11.9. The van der Waals surface area contributed by atoms with Crippen LogP contribution < -0.4 is 10.0 Å². The molecular weight excluding hydrogens is 328 g/mol. The van der Waals surface area contributed by atoms with Gasteiger partial charge < -0.3 is 4.90 Å². The standard InChI is InChI=1S/C12H12F4N2O3S/c13-8-2-1-3-9(11(8)12(14,15)16)18-5-7(4-10(18)19)6-22(17,20)21/h1-3,7H,4-6H2,(H2,17,20,21). The molecule has 0 radical (unpaired) electrons. The van der Waals surface area contributed by atoms with Crippen LogP contribution in [0.15, 0.2) is 18.2 Å². The number of hydrogen-bond acceptors (Lipinski definition) is 3. The summed E-state index contributed by atoms with van der Waals surface area (Å²) < 4.78 is 74.5. The van der Waals surface area contributed by atoms with Gasteiger partial charge in [0.1, 0.15) is 11.4 Å². The molecule has 0 bridgehead atoms. The molecule has 10 heteroatoms. The van der Waals surface area contributed by atoms with Crippen LogP contribution in [0.2, 0.25) is 0 Å². The van der Waals surface area contributed by atoms with Gasteiger partial charge in [-0.3, -0.25) is 4.79 Å². The average Bonchev–Trinajstić information content (AvgIpc) is 2.65. The maximum absolute atomic E-state index is 13.5. The van der Waals surface area contributed by atoms with E-state index in [1.165, 1.54) is 0 Å². The van der Waals surface area contributed by atoms with Crippen molar-refractivity contribution in [2.75, 3.05) is 17.2 Å². The summed E-state index contributed by atoms with van der Waals surface area (Å²) in [5.74, 6) is -3.45. The molecule has 0 saturated carbocycles. The quantitative estimate of drug-likeness (QED) is 0.847. The van der Waals surface area contributed by atoms with E-state index < -0.39 is 50.8 Å². The number of carbonyl (C=O) groups is 1. The van der Waals surface area contributed by atoms with E-state index in [2.05, 4.69) is 0 Å². The van der Waals surface area contributed by atoms with E-state index in [0.29, 0.717) is 6.07 Å². The Hall–Kier alpha value is -1.68. The summed E-state index contributed by atoms with van der Waals surface area (Å²) in [5.41, 5.74) is -2.16. The SMILES string of the molecule is NS(=O)(=O)CC1CC(=O)N(c2cccc(F)c2C(F)(F)F)C1. The number of nitrogens with two attached hydrogens (primary N) is 1. The van der Waals surface area contributed by atoms with Crippen LogP contribution in [0.5, 0.6) is 0 Å². The predicted octanol–water partition coefficient (Wildman–Crippen LogP) is 1.49. The normalized spacial score (nSPS) is 19.8. The number of sulfonamides is 1. The summed E-state index contributed by atoms with van der Waals surface area (Å²) >= 11 is 0. The lowest BCUT2D eigenvalue weighted by Crippen LogP contribution is -2.29. The second kappa shape index (κ2) is 5.51. The van der Waals surface area contributed by atoms with Crippen molar-refractivity contribution in [2.45, 2.75) is 12.6 Å². The highest BCUT2D eigenvalue weighted by molar-refractivity contribution is 7.89. The molecular formula is C12H12F4N2O3S. The fraction of sp³-hybridized carbons (Fsp3) is 0.417. The Labute approximate surface area is 123 Å². The van der Waals surface area contributed by atoms with Crippen LogP contribution in [0, 0.1) is 11.7 Å². The van der Waals surface area contributed by atoms with Gasteiger partial charge in [0, 0.05) is 18.9 Å². The lowest BCUT2D eigenvalue weighted by Gasteiger charge is -2.22. The number of carbonyl (C=O) groups excluding carboxylic acids is 1. The molecule has 1 saturated heterocycles. The molecule has 1 aliphatic rings. The third kappa shape index (κ3) is 3.55. The zero-order valence-electron chi connectivity index (χ0n) is 11.1. The lowest BCUT2D eigenvalue weighted by atomic mass is 10.1. The first kappa shape index (κ1) is 16.7. The van der Waals surface area contributed by atoms with E-state index in [0.717, 1.165) is 17.0 Å². The maximum Gasteiger partial charge on any atom is 0.421 e. The Morgan fingerprint density at radius 3 is 2.50 bits per heavy atom. The van der Waals surface area contributed by atoms with Crippen LogP contribution in [0.1, 0.15) is 12.0 Å². The summed E-state index contributed by atoms with van der Waals surface area (Å²) in [7, 11) is -3.86. The predicted molar refractivity (Wildman–Crippen MR) is 69.8 cm³/mol. The van der Waals surface area contributed by atoms with Gasteiger partial charge in [-0.15, -0.1) is 0 Å². The van der Waals surface area contributed by atoms with E-state index in [9.17, 15) is 30.8 Å². The Morgan fingerprint density at radius 2 is 1.95 bits per heavy atom. The highest BCUT2D eigenvalue weighted by atomic mass is 32.2. The monoisotopic (exact) mass is 340 g/mol. The number of benzene rings is 1. The number of rotatable bonds is 3. The van der Waals surface area contributed by atoms with Crippen molar-refractivity contribution in [1.82, 2.24) is 0 Å². The van der Waals surface area contributed by atoms with Gasteiger partial charge in [0.25, 0.3) is 0 Å². The van der Waals surface area contributed by atoms with E-state index in [1.54, 1.807) is 0 Å². The van der Waals surface area contributed by atoms with Crippen molar-refractivity contribution < 1.29 is 30.8 Å². The van der Waals surface area contributed by atoms with E-state index in [4.69, 9.17) is 5.14 Å². The van der Waals surface area contributed by atoms with Crippen molar-refractivity contribution in [3.8, 4) is 0 Å². The molecule has 1 atom stereocenters. The van der Waals surface area contributed by atoms with Crippen LogP contribution >= 0.6 is 0 Å². The summed E-state index contributed by atoms with van der Waals surface area (Å²) in [6, 6.07) is 2.68. The number of alkyl halides is 3. The van der Waals surface area contributed by atoms with Crippen molar-refractivity contribution >= 4 is 21.6 Å².